The Morgan fingerprint density at radius 2 is 1.67 bits per heavy atom. The minimum atomic E-state index is -1.50. The molecule has 0 amide bonds. The van der Waals surface area contributed by atoms with Crippen molar-refractivity contribution in [2.45, 2.75) is 0 Å². The van der Waals surface area contributed by atoms with E-state index < -0.39 is 5.09 Å². The van der Waals surface area contributed by atoms with E-state index in [1.807, 2.05) is 0 Å². The van der Waals surface area contributed by atoms with Crippen molar-refractivity contribution in [3.8, 4) is 0 Å². The summed E-state index contributed by atoms with van der Waals surface area (Å²) in [6, 6.07) is 0. The van der Waals surface area contributed by atoms with Gasteiger partial charge in [-0.1, -0.05) is 0 Å². The van der Waals surface area contributed by atoms with E-state index in [0.29, 0.717) is 0 Å². The summed E-state index contributed by atoms with van der Waals surface area (Å²) in [7, 11) is 0. The van der Waals surface area contributed by atoms with Gasteiger partial charge in [-0.05, 0) is 0 Å². The van der Waals surface area contributed by atoms with Crippen molar-refractivity contribution >= 4 is 27.3 Å². The summed E-state index contributed by atoms with van der Waals surface area (Å²) >= 11 is 0. The molecule has 0 saturated heterocycles. The van der Waals surface area contributed by atoms with Gasteiger partial charge in [0.25, 0.3) is 5.09 Å². The molecule has 0 aliphatic heterocycles. The van der Waals surface area contributed by atoms with Crippen molar-refractivity contribution in [3.63, 3.8) is 0 Å². The quantitative estimate of drug-likeness (QED) is 0.355. The van der Waals surface area contributed by atoms with Crippen LogP contribution < -0.4 is 0 Å². The van der Waals surface area contributed by atoms with Gasteiger partial charge in [-0.3, -0.25) is 0 Å². The molecule has 5 nitrogen and oxygen atoms in total. The second-order valence-electron chi connectivity index (χ2n) is 0.238. The normalized spacial score (nSPS) is 4.00. The summed E-state index contributed by atoms with van der Waals surface area (Å²) in [5.74, 6) is 0. The van der Waals surface area contributed by atoms with Crippen molar-refractivity contribution in [3.05, 3.63) is 10.1 Å². The van der Waals surface area contributed by atoms with Crippen LogP contribution in [0.4, 0.5) is 0 Å². The van der Waals surface area contributed by atoms with Crippen LogP contribution in [-0.4, -0.2) is 43.1 Å². The minimum Gasteiger partial charge on any atom is -0.870 e. The van der Waals surface area contributed by atoms with Gasteiger partial charge in [-0.15, -0.1) is 10.1 Å². The smallest absolute Gasteiger partial charge is 0.870 e. The van der Waals surface area contributed by atoms with E-state index in [1.54, 1.807) is 0 Å². The van der Waals surface area contributed by atoms with E-state index in [4.69, 9.17) is 15.3 Å². The summed E-state index contributed by atoms with van der Waals surface area (Å²) in [4.78, 5) is 8.36. The van der Waals surface area contributed by atoms with E-state index in [9.17, 15) is 0 Å². The molecule has 0 aromatic heterocycles. The molecule has 2 radical (unpaired) electrons. The largest absolute Gasteiger partial charge is 2.00 e. The first kappa shape index (κ1) is 16.5. The summed E-state index contributed by atoms with van der Waals surface area (Å²) in [5, 5.41) is 13.6. The molecule has 0 heterocycles. The zero-order valence-corrected chi connectivity index (χ0v) is 6.55. The van der Waals surface area contributed by atoms with E-state index in [2.05, 4.69) is 0 Å². The fourth-order valence-electron chi connectivity index (χ4n) is 0. The van der Waals surface area contributed by atoms with Gasteiger partial charge in [0.05, 0.1) is 0 Å². The average Bonchev–Trinajstić information content (AvgIpc) is 0.811. The second-order valence-corrected chi connectivity index (χ2v) is 0.238. The maximum atomic E-state index is 8.36. The maximum absolute atomic E-state index is 8.36. The van der Waals surface area contributed by atoms with Crippen LogP contribution in [0.3, 0.4) is 0 Å². The van der Waals surface area contributed by atoms with Crippen molar-refractivity contribution in [1.29, 1.82) is 0 Å². The number of hydrogen-bond donors (Lipinski definition) is 1. The van der Waals surface area contributed by atoms with E-state index in [1.165, 1.54) is 0 Å². The third kappa shape index (κ3) is 5760. The summed E-state index contributed by atoms with van der Waals surface area (Å²) in [6.45, 7) is 0. The molecule has 0 aromatic carbocycles. The molecule has 0 unspecified atom stereocenters. The molecular formula is H2NO4Pb+. The molecular weight excluding hydrogens is 285 g/mol. The number of rotatable bonds is 0. The molecule has 0 bridgehead atoms. The molecule has 2 N–H and O–H groups in total. The third-order valence-electron chi connectivity index (χ3n) is 0. The van der Waals surface area contributed by atoms with Gasteiger partial charge < -0.3 is 10.7 Å². The van der Waals surface area contributed by atoms with Crippen LogP contribution in [0.5, 0.6) is 0 Å². The Kier molecular flexibility index (Phi) is 24.6. The maximum Gasteiger partial charge on any atom is 2.00 e. The molecule has 0 fully saturated rings. The van der Waals surface area contributed by atoms with Crippen LogP contribution in [0, 0.1) is 10.1 Å². The molecule has 0 rings (SSSR count). The standard InChI is InChI=1S/HNO3.H2O.Pb/c2-1(3)4;;/h(H,2,3,4);1H2;/q;;+2/p-1. The zero-order chi connectivity index (χ0) is 3.58. The predicted octanol–water partition coefficient (Wildman–Crippen LogP) is -0.905. The van der Waals surface area contributed by atoms with Crippen molar-refractivity contribution in [2.24, 2.45) is 0 Å². The molecule has 6 heavy (non-hydrogen) atoms. The van der Waals surface area contributed by atoms with Gasteiger partial charge in [0.1, 0.15) is 0 Å². The van der Waals surface area contributed by atoms with Crippen LogP contribution in [-0.2, 0) is 0 Å². The van der Waals surface area contributed by atoms with Crippen LogP contribution >= 0.6 is 0 Å². The molecule has 34 valence electrons. The Balaban J connectivity index is -0.0000000450. The van der Waals surface area contributed by atoms with Crippen LogP contribution in [0.25, 0.3) is 0 Å². The molecule has 0 saturated carbocycles. The Morgan fingerprint density at radius 1 is 1.67 bits per heavy atom. The topological polar surface area (TPSA) is 93.4 Å². The Bertz CT molecular complexity index is 30.5. The first-order valence-electron chi connectivity index (χ1n) is 0.565. The molecule has 0 aliphatic carbocycles. The summed E-state index contributed by atoms with van der Waals surface area (Å²) in [5.41, 5.74) is 0. The number of nitrogens with zero attached hydrogens (tertiary/aromatic N) is 1. The average molecular weight is 287 g/mol. The zero-order valence-electron chi connectivity index (χ0n) is 2.66. The Labute approximate surface area is 53.5 Å². The third-order valence-corrected chi connectivity index (χ3v) is 0. The van der Waals surface area contributed by atoms with E-state index in [-0.39, 0.29) is 32.8 Å². The fourth-order valence-corrected chi connectivity index (χ4v) is 0. The first-order chi connectivity index (χ1) is 1.73. The van der Waals surface area contributed by atoms with Crippen molar-refractivity contribution in [2.75, 3.05) is 0 Å². The molecule has 0 spiro atoms. The minimum absolute atomic E-state index is 0. The second kappa shape index (κ2) is 8.91. The summed E-state index contributed by atoms with van der Waals surface area (Å²) < 4.78 is 0. The van der Waals surface area contributed by atoms with Gasteiger partial charge in [-0.25, -0.2) is 0 Å². The Hall–Kier alpha value is 0.0821. The van der Waals surface area contributed by atoms with Gasteiger partial charge in [0, 0.05) is 0 Å². The predicted molar refractivity (Wildman–Crippen MR) is 16.5 cm³/mol. The number of hydrogen-bond acceptors (Lipinski definition) is 3. The van der Waals surface area contributed by atoms with Crippen LogP contribution in [0.15, 0.2) is 0 Å². The van der Waals surface area contributed by atoms with Crippen molar-refractivity contribution in [1.82, 2.24) is 0 Å². The van der Waals surface area contributed by atoms with E-state index >= 15 is 0 Å². The Morgan fingerprint density at radius 3 is 1.67 bits per heavy atom. The molecule has 0 atom stereocenters. The van der Waals surface area contributed by atoms with Crippen LogP contribution in [0.1, 0.15) is 0 Å². The molecule has 6 heteroatoms. The summed E-state index contributed by atoms with van der Waals surface area (Å²) in [6.07, 6.45) is 0. The van der Waals surface area contributed by atoms with Gasteiger partial charge in [-0.2, -0.15) is 0 Å². The molecule has 0 aromatic rings. The van der Waals surface area contributed by atoms with Crippen molar-refractivity contribution < 1.29 is 15.8 Å². The van der Waals surface area contributed by atoms with Gasteiger partial charge in [0.2, 0.25) is 0 Å². The SMILES string of the molecule is O=[N+]([O-])O.[OH-].[Pb+2]. The first-order valence-corrected chi connectivity index (χ1v) is 0.565. The monoisotopic (exact) mass is 288 g/mol. The molecule has 0 aliphatic rings. The fraction of sp³-hybridized carbons (Fsp3) is 0. The van der Waals surface area contributed by atoms with Gasteiger partial charge >= 0.3 is 27.3 Å². The van der Waals surface area contributed by atoms with E-state index in [0.717, 1.165) is 0 Å². The van der Waals surface area contributed by atoms with Crippen LogP contribution in [0.2, 0.25) is 0 Å². The van der Waals surface area contributed by atoms with Gasteiger partial charge in [0.15, 0.2) is 0 Å².